The molecule has 0 spiro atoms. The number of hydrogen-bond donors (Lipinski definition) is 2. The van der Waals surface area contributed by atoms with E-state index in [1.807, 2.05) is 6.92 Å². The number of carboxylic acids is 1. The maximum atomic E-state index is 10.2. The van der Waals surface area contributed by atoms with Crippen molar-refractivity contribution in [1.29, 1.82) is 0 Å². The van der Waals surface area contributed by atoms with Crippen LogP contribution in [0.1, 0.15) is 13.3 Å². The highest BCUT2D eigenvalue weighted by atomic mass is 16.4. The van der Waals surface area contributed by atoms with Crippen LogP contribution in [-0.2, 0) is 4.79 Å². The first kappa shape index (κ1) is 8.43. The Labute approximate surface area is 55.1 Å². The Balaban J connectivity index is 3.54. The Bertz CT molecular complexity index is 93.1. The molecule has 0 aliphatic carbocycles. The zero-order valence-electron chi connectivity index (χ0n) is 5.55. The number of hydrogen-bond acceptors (Lipinski definition) is 2. The van der Waals surface area contributed by atoms with Gasteiger partial charge in [0.25, 0.3) is 0 Å². The third-order valence-electron chi connectivity index (χ3n) is 1.04. The van der Waals surface area contributed by atoms with Crippen LogP contribution in [0.25, 0.3) is 0 Å². The smallest absolute Gasteiger partial charge is 0.320 e. The van der Waals surface area contributed by atoms with Gasteiger partial charge in [-0.2, -0.15) is 0 Å². The maximum Gasteiger partial charge on any atom is 0.320 e. The number of nitrogens with one attached hydrogen (secondary N) is 1. The lowest BCUT2D eigenvalue weighted by molar-refractivity contribution is -0.139. The number of aliphatic carboxylic acids is 1. The van der Waals surface area contributed by atoms with Gasteiger partial charge >= 0.3 is 5.97 Å². The summed E-state index contributed by atoms with van der Waals surface area (Å²) in [6.07, 6.45) is 0.392. The predicted octanol–water partition coefficient (Wildman–Crippen LogP) is 0.273. The van der Waals surface area contributed by atoms with Crippen LogP contribution in [-0.4, -0.2) is 23.7 Å². The summed E-state index contributed by atoms with van der Waals surface area (Å²) in [5.41, 5.74) is 0. The minimum Gasteiger partial charge on any atom is -0.480 e. The summed E-state index contributed by atoms with van der Waals surface area (Å²) in [5, 5.41) is 11.2. The molecule has 0 saturated heterocycles. The molecule has 53 valence electrons. The molecular weight excluding hydrogens is 118 g/mol. The van der Waals surface area contributed by atoms with E-state index in [1.54, 1.807) is 0 Å². The van der Waals surface area contributed by atoms with E-state index in [2.05, 4.69) is 12.2 Å². The summed E-state index contributed by atoms with van der Waals surface area (Å²) < 4.78 is 0. The molecule has 0 rings (SSSR count). The first-order chi connectivity index (χ1) is 4.22. The average Bonchev–Trinajstić information content (AvgIpc) is 1.82. The average molecular weight is 130 g/mol. The predicted molar refractivity (Wildman–Crippen MR) is 35.1 cm³/mol. The van der Waals surface area contributed by atoms with Crippen molar-refractivity contribution in [3.63, 3.8) is 0 Å². The number of carbonyl (C=O) groups is 1. The van der Waals surface area contributed by atoms with Crippen molar-refractivity contribution in [2.45, 2.75) is 19.4 Å². The second-order valence-electron chi connectivity index (χ2n) is 1.74. The minimum absolute atomic E-state index is 0.392. The molecule has 2 N–H and O–H groups in total. The van der Waals surface area contributed by atoms with Gasteiger partial charge in [-0.05, 0) is 13.0 Å². The standard InChI is InChI=1S/C6H12NO2/c1-3-5(6(8)9)7-4-2/h5,7H,1,3-4H2,2H3,(H,8,9)/t5-/m0/s1. The lowest BCUT2D eigenvalue weighted by Gasteiger charge is -2.08. The molecule has 0 aliphatic heterocycles. The fourth-order valence-electron chi connectivity index (χ4n) is 0.559. The van der Waals surface area contributed by atoms with Crippen molar-refractivity contribution in [3.8, 4) is 0 Å². The molecule has 1 atom stereocenters. The van der Waals surface area contributed by atoms with E-state index >= 15 is 0 Å². The summed E-state index contributed by atoms with van der Waals surface area (Å²) in [5.74, 6) is -0.827. The van der Waals surface area contributed by atoms with Crippen molar-refractivity contribution >= 4 is 5.97 Å². The minimum atomic E-state index is -0.827. The normalized spacial score (nSPS) is 13.1. The SMILES string of the molecule is [CH2]C[C@H](NCC)C(=O)O. The van der Waals surface area contributed by atoms with Gasteiger partial charge in [-0.25, -0.2) is 0 Å². The second kappa shape index (κ2) is 4.32. The molecule has 0 bridgehead atoms. The Kier molecular flexibility index (Phi) is 4.05. The van der Waals surface area contributed by atoms with Crippen LogP contribution in [0.5, 0.6) is 0 Å². The van der Waals surface area contributed by atoms with E-state index < -0.39 is 12.0 Å². The van der Waals surface area contributed by atoms with E-state index in [9.17, 15) is 4.79 Å². The Morgan fingerprint density at radius 1 is 1.89 bits per heavy atom. The first-order valence-electron chi connectivity index (χ1n) is 2.97. The molecule has 0 unspecified atom stereocenters. The topological polar surface area (TPSA) is 49.3 Å². The van der Waals surface area contributed by atoms with Crippen molar-refractivity contribution in [2.24, 2.45) is 0 Å². The maximum absolute atomic E-state index is 10.2. The van der Waals surface area contributed by atoms with Gasteiger partial charge in [0, 0.05) is 0 Å². The van der Waals surface area contributed by atoms with Crippen LogP contribution in [0.15, 0.2) is 0 Å². The van der Waals surface area contributed by atoms with Crippen molar-refractivity contribution < 1.29 is 9.90 Å². The van der Waals surface area contributed by atoms with E-state index in [1.165, 1.54) is 0 Å². The summed E-state index contributed by atoms with van der Waals surface area (Å²) in [4.78, 5) is 10.2. The van der Waals surface area contributed by atoms with Gasteiger partial charge in [0.05, 0.1) is 0 Å². The third kappa shape index (κ3) is 3.08. The van der Waals surface area contributed by atoms with Crippen LogP contribution >= 0.6 is 0 Å². The van der Waals surface area contributed by atoms with Gasteiger partial charge < -0.3 is 10.4 Å². The lowest BCUT2D eigenvalue weighted by atomic mass is 10.2. The Hall–Kier alpha value is -0.570. The quantitative estimate of drug-likeness (QED) is 0.574. The van der Waals surface area contributed by atoms with Crippen LogP contribution in [0.3, 0.4) is 0 Å². The first-order valence-corrected chi connectivity index (χ1v) is 2.97. The van der Waals surface area contributed by atoms with Crippen LogP contribution in [0.4, 0.5) is 0 Å². The third-order valence-corrected chi connectivity index (χ3v) is 1.04. The molecule has 0 amide bonds. The Morgan fingerprint density at radius 2 is 2.44 bits per heavy atom. The molecule has 0 aromatic carbocycles. The molecule has 3 heteroatoms. The molecule has 9 heavy (non-hydrogen) atoms. The molecule has 0 heterocycles. The molecule has 0 aromatic heterocycles. The largest absolute Gasteiger partial charge is 0.480 e. The van der Waals surface area contributed by atoms with Gasteiger partial charge in [0.15, 0.2) is 0 Å². The number of carboxylic acid groups (broad SMARTS) is 1. The highest BCUT2D eigenvalue weighted by Crippen LogP contribution is 1.87. The zero-order chi connectivity index (χ0) is 7.28. The molecule has 1 radical (unpaired) electrons. The second-order valence-corrected chi connectivity index (χ2v) is 1.74. The van der Waals surface area contributed by atoms with Gasteiger partial charge in [0.1, 0.15) is 6.04 Å². The summed E-state index contributed by atoms with van der Waals surface area (Å²) in [6.45, 7) is 6.02. The lowest BCUT2D eigenvalue weighted by Crippen LogP contribution is -2.35. The van der Waals surface area contributed by atoms with E-state index in [-0.39, 0.29) is 0 Å². The van der Waals surface area contributed by atoms with Crippen LogP contribution in [0.2, 0.25) is 0 Å². The van der Waals surface area contributed by atoms with E-state index in [0.29, 0.717) is 13.0 Å². The summed E-state index contributed by atoms with van der Waals surface area (Å²) >= 11 is 0. The number of likely N-dealkylation sites (N-methyl/N-ethyl adjacent to an activating group) is 1. The van der Waals surface area contributed by atoms with E-state index in [0.717, 1.165) is 0 Å². The van der Waals surface area contributed by atoms with Gasteiger partial charge in [-0.15, -0.1) is 0 Å². The molecule has 0 aromatic rings. The summed E-state index contributed by atoms with van der Waals surface area (Å²) in [6, 6.07) is -0.477. The molecule has 3 nitrogen and oxygen atoms in total. The fraction of sp³-hybridized carbons (Fsp3) is 0.667. The fourth-order valence-corrected chi connectivity index (χ4v) is 0.559. The highest BCUT2D eigenvalue weighted by Gasteiger charge is 2.11. The monoisotopic (exact) mass is 130 g/mol. The van der Waals surface area contributed by atoms with Gasteiger partial charge in [-0.3, -0.25) is 4.79 Å². The van der Waals surface area contributed by atoms with Crippen LogP contribution < -0.4 is 5.32 Å². The highest BCUT2D eigenvalue weighted by molar-refractivity contribution is 5.73. The van der Waals surface area contributed by atoms with Crippen molar-refractivity contribution in [3.05, 3.63) is 6.92 Å². The van der Waals surface area contributed by atoms with Gasteiger partial charge in [0.2, 0.25) is 0 Å². The molecule has 0 fully saturated rings. The van der Waals surface area contributed by atoms with E-state index in [4.69, 9.17) is 5.11 Å². The zero-order valence-corrected chi connectivity index (χ0v) is 5.55. The molecule has 0 aliphatic rings. The van der Waals surface area contributed by atoms with Gasteiger partial charge in [-0.1, -0.05) is 13.8 Å². The Morgan fingerprint density at radius 3 is 2.56 bits per heavy atom. The number of rotatable bonds is 4. The van der Waals surface area contributed by atoms with Crippen molar-refractivity contribution in [2.75, 3.05) is 6.54 Å². The summed E-state index contributed by atoms with van der Waals surface area (Å²) in [7, 11) is 0. The molecule has 0 saturated carbocycles. The molecular formula is C6H12NO2. The van der Waals surface area contributed by atoms with Crippen LogP contribution in [0, 0.1) is 6.92 Å². The van der Waals surface area contributed by atoms with Crippen molar-refractivity contribution in [1.82, 2.24) is 5.32 Å².